The van der Waals surface area contributed by atoms with E-state index in [0.29, 0.717) is 23.6 Å². The van der Waals surface area contributed by atoms with E-state index in [-0.39, 0.29) is 0 Å². The maximum absolute atomic E-state index is 9.52. The summed E-state index contributed by atoms with van der Waals surface area (Å²) in [6.45, 7) is 2.74. The van der Waals surface area contributed by atoms with Crippen molar-refractivity contribution in [2.75, 3.05) is 5.32 Å². The molecule has 0 amide bonds. The Morgan fingerprint density at radius 3 is 2.44 bits per heavy atom. The molecule has 0 unspecified atom stereocenters. The molecule has 0 bridgehead atoms. The summed E-state index contributed by atoms with van der Waals surface area (Å²) in [5.41, 5.74) is 5.22. The zero-order valence-corrected chi connectivity index (χ0v) is 19.2. The maximum atomic E-state index is 9.52. The summed E-state index contributed by atoms with van der Waals surface area (Å²) in [4.78, 5) is 0. The number of para-hydroxylation sites is 1. The molecule has 166 valence electrons. The number of benzene rings is 3. The number of nitrogens with zero attached hydrogens (tertiary/aromatic N) is 7. The lowest BCUT2D eigenvalue weighted by Crippen LogP contribution is -2.03. The molecule has 0 radical (unpaired) electrons. The fourth-order valence-corrected chi connectivity index (χ4v) is 4.32. The van der Waals surface area contributed by atoms with Crippen molar-refractivity contribution in [1.82, 2.24) is 30.4 Å². The smallest absolute Gasteiger partial charge is 0.205 e. The summed E-state index contributed by atoms with van der Waals surface area (Å²) in [7, 11) is 0. The number of tetrazole rings is 1. The summed E-state index contributed by atoms with van der Waals surface area (Å²) in [5, 5.41) is 35.4. The number of nitrogens with one attached hydrogen (secondary N) is 1. The minimum Gasteiger partial charge on any atom is -0.356 e. The average molecular weight is 465 g/mol. The molecule has 5 aromatic rings. The maximum Gasteiger partial charge on any atom is 0.205 e. The van der Waals surface area contributed by atoms with Gasteiger partial charge in [0.25, 0.3) is 0 Å². The van der Waals surface area contributed by atoms with Crippen LogP contribution in [0.5, 0.6) is 0 Å². The Labute approximate surface area is 200 Å². The summed E-state index contributed by atoms with van der Waals surface area (Å²) in [5.74, 6) is 0.576. The van der Waals surface area contributed by atoms with Gasteiger partial charge in [0.15, 0.2) is 5.82 Å². The first-order valence-corrected chi connectivity index (χ1v) is 11.6. The predicted octanol–water partition coefficient (Wildman–Crippen LogP) is 4.89. The van der Waals surface area contributed by atoms with Gasteiger partial charge < -0.3 is 5.32 Å². The highest BCUT2D eigenvalue weighted by atomic mass is 32.1. The summed E-state index contributed by atoms with van der Waals surface area (Å²) in [6, 6.07) is 25.8. The van der Waals surface area contributed by atoms with Crippen molar-refractivity contribution in [2.24, 2.45) is 0 Å². The van der Waals surface area contributed by atoms with Gasteiger partial charge in [-0.25, -0.2) is 0 Å². The van der Waals surface area contributed by atoms with Gasteiger partial charge in [-0.15, -0.1) is 15.3 Å². The fourth-order valence-electron chi connectivity index (χ4n) is 3.65. The van der Waals surface area contributed by atoms with Gasteiger partial charge in [0.1, 0.15) is 11.1 Å². The van der Waals surface area contributed by atoms with Gasteiger partial charge in [0.2, 0.25) is 5.13 Å². The third-order valence-corrected chi connectivity index (χ3v) is 6.39. The molecule has 3 aromatic carbocycles. The first-order valence-electron chi connectivity index (χ1n) is 10.8. The largest absolute Gasteiger partial charge is 0.356 e. The molecule has 2 heterocycles. The van der Waals surface area contributed by atoms with E-state index in [1.807, 2.05) is 42.5 Å². The van der Waals surface area contributed by atoms with Crippen molar-refractivity contribution >= 4 is 16.5 Å². The Morgan fingerprint density at radius 1 is 0.912 bits per heavy atom. The highest BCUT2D eigenvalue weighted by Crippen LogP contribution is 2.32. The normalized spacial score (nSPS) is 10.7. The van der Waals surface area contributed by atoms with Crippen molar-refractivity contribution < 1.29 is 0 Å². The first kappa shape index (κ1) is 21.4. The second-order valence-electron chi connectivity index (χ2n) is 7.49. The third kappa shape index (κ3) is 4.27. The number of aromatic nitrogens is 6. The van der Waals surface area contributed by atoms with E-state index >= 15 is 0 Å². The van der Waals surface area contributed by atoms with E-state index in [4.69, 9.17) is 0 Å². The van der Waals surface area contributed by atoms with E-state index in [1.54, 1.807) is 22.1 Å². The molecule has 0 spiro atoms. The van der Waals surface area contributed by atoms with Crippen molar-refractivity contribution in [3.63, 3.8) is 0 Å². The molecule has 8 nitrogen and oxygen atoms in total. The fraction of sp³-hybridized carbons (Fsp3) is 0.120. The molecule has 0 aliphatic heterocycles. The van der Waals surface area contributed by atoms with Gasteiger partial charge in [0, 0.05) is 12.1 Å². The molecule has 2 aromatic heterocycles. The van der Waals surface area contributed by atoms with Crippen LogP contribution in [0.3, 0.4) is 0 Å². The number of anilines is 1. The minimum atomic E-state index is 0.506. The quantitative estimate of drug-likeness (QED) is 0.365. The topological polar surface area (TPSA) is 105 Å². The Hall–Kier alpha value is -4.42. The van der Waals surface area contributed by atoms with Crippen molar-refractivity contribution in [2.45, 2.75) is 19.9 Å². The van der Waals surface area contributed by atoms with E-state index < -0.39 is 0 Å². The summed E-state index contributed by atoms with van der Waals surface area (Å²) in [6.07, 6.45) is 0.888. The average Bonchev–Trinajstić information content (AvgIpc) is 3.57. The van der Waals surface area contributed by atoms with Crippen LogP contribution < -0.4 is 5.32 Å². The molecule has 0 atom stereocenters. The third-order valence-electron chi connectivity index (χ3n) is 5.37. The molecule has 9 heteroatoms. The number of hydrogen-bond acceptors (Lipinski definition) is 8. The molecule has 1 N–H and O–H groups in total. The first-order chi connectivity index (χ1) is 16.8. The summed E-state index contributed by atoms with van der Waals surface area (Å²) < 4.78 is 1.61. The molecule has 0 aliphatic rings. The number of rotatable bonds is 7. The number of nitriles is 1. The Morgan fingerprint density at radius 2 is 1.68 bits per heavy atom. The highest BCUT2D eigenvalue weighted by molar-refractivity contribution is 7.15. The second-order valence-corrected chi connectivity index (χ2v) is 8.56. The van der Waals surface area contributed by atoms with Gasteiger partial charge in [-0.2, -0.15) is 9.94 Å². The van der Waals surface area contributed by atoms with Crippen LogP contribution in [0.1, 0.15) is 23.1 Å². The SMILES string of the molecule is CCc1nnc(NCc2ccc(-c3ccccc3-c3nnnn3-c3ccccc3C#N)cc2)s1. The van der Waals surface area contributed by atoms with Gasteiger partial charge in [-0.05, 0) is 45.7 Å². The highest BCUT2D eigenvalue weighted by Gasteiger charge is 2.17. The van der Waals surface area contributed by atoms with E-state index in [1.165, 1.54) is 0 Å². The van der Waals surface area contributed by atoms with Gasteiger partial charge in [-0.3, -0.25) is 0 Å². The summed E-state index contributed by atoms with van der Waals surface area (Å²) >= 11 is 1.58. The predicted molar refractivity (Wildman–Crippen MR) is 131 cm³/mol. The lowest BCUT2D eigenvalue weighted by molar-refractivity contribution is 0.790. The van der Waals surface area contributed by atoms with Crippen molar-refractivity contribution in [3.05, 3.63) is 88.9 Å². The Kier molecular flexibility index (Phi) is 6.05. The molecule has 0 saturated heterocycles. The standard InChI is InChI=1S/C25H20N8S/c1-2-23-28-30-25(34-23)27-16-17-11-13-18(14-12-17)20-8-4-5-9-21(20)24-29-31-32-33(24)22-10-6-3-7-19(22)15-26/h3-14H,2,16H2,1H3,(H,27,30). The zero-order valence-electron chi connectivity index (χ0n) is 18.4. The van der Waals surface area contributed by atoms with Crippen molar-refractivity contribution in [1.29, 1.82) is 5.26 Å². The van der Waals surface area contributed by atoms with E-state index in [9.17, 15) is 5.26 Å². The molecule has 5 rings (SSSR count). The molecule has 34 heavy (non-hydrogen) atoms. The van der Waals surface area contributed by atoms with Gasteiger partial charge in [0.05, 0.1) is 11.3 Å². The number of hydrogen-bond donors (Lipinski definition) is 1. The van der Waals surface area contributed by atoms with Crippen LogP contribution in [-0.2, 0) is 13.0 Å². The van der Waals surface area contributed by atoms with Gasteiger partial charge in [-0.1, -0.05) is 78.9 Å². The van der Waals surface area contributed by atoms with Crippen LogP contribution in [0.4, 0.5) is 5.13 Å². The molecular weight excluding hydrogens is 444 g/mol. The molecular formula is C25H20N8S. The van der Waals surface area contributed by atoms with Crippen LogP contribution in [0, 0.1) is 11.3 Å². The minimum absolute atomic E-state index is 0.506. The Bertz CT molecular complexity index is 1460. The second kappa shape index (κ2) is 9.60. The van der Waals surface area contributed by atoms with Crippen LogP contribution in [0.2, 0.25) is 0 Å². The van der Waals surface area contributed by atoms with Gasteiger partial charge >= 0.3 is 0 Å². The van der Waals surface area contributed by atoms with Crippen molar-refractivity contribution in [3.8, 4) is 34.3 Å². The molecule has 0 fully saturated rings. The lowest BCUT2D eigenvalue weighted by atomic mass is 9.98. The number of aryl methyl sites for hydroxylation is 1. The van der Waals surface area contributed by atoms with E-state index in [2.05, 4.69) is 68.3 Å². The van der Waals surface area contributed by atoms with Crippen LogP contribution in [0.25, 0.3) is 28.2 Å². The monoisotopic (exact) mass is 464 g/mol. The molecule has 0 saturated carbocycles. The van der Waals surface area contributed by atoms with Crippen LogP contribution in [0.15, 0.2) is 72.8 Å². The molecule has 0 aliphatic carbocycles. The van der Waals surface area contributed by atoms with Crippen LogP contribution >= 0.6 is 11.3 Å². The van der Waals surface area contributed by atoms with Crippen LogP contribution in [-0.4, -0.2) is 30.4 Å². The zero-order chi connectivity index (χ0) is 23.3. The Balaban J connectivity index is 1.43. The van der Waals surface area contributed by atoms with E-state index in [0.717, 1.165) is 38.8 Å². The lowest BCUT2D eigenvalue weighted by Gasteiger charge is -2.11.